The molecule has 0 radical (unpaired) electrons. The Bertz CT molecular complexity index is 304. The highest BCUT2D eigenvalue weighted by atomic mass is 35.5. The smallest absolute Gasteiger partial charge is 0.147 e. The molecule has 0 aliphatic carbocycles. The molecule has 0 saturated carbocycles. The summed E-state index contributed by atoms with van der Waals surface area (Å²) in [4.78, 5) is 0. The van der Waals surface area contributed by atoms with Gasteiger partial charge in [-0.2, -0.15) is 11.8 Å². The third-order valence-electron chi connectivity index (χ3n) is 1.60. The highest BCUT2D eigenvalue weighted by Gasteiger charge is 2.13. The summed E-state index contributed by atoms with van der Waals surface area (Å²) in [6.45, 7) is 0. The summed E-state index contributed by atoms with van der Waals surface area (Å²) in [7, 11) is 0. The number of nitrogens with two attached hydrogens (primary N) is 1. The van der Waals surface area contributed by atoms with E-state index < -0.39 is 5.82 Å². The van der Waals surface area contributed by atoms with E-state index in [1.54, 1.807) is 0 Å². The molecule has 13 heavy (non-hydrogen) atoms. The Morgan fingerprint density at radius 2 is 2.08 bits per heavy atom. The van der Waals surface area contributed by atoms with Gasteiger partial charge >= 0.3 is 0 Å². The molecule has 72 valence electrons. The van der Waals surface area contributed by atoms with Crippen LogP contribution in [0.3, 0.4) is 0 Å². The molecule has 2 N–H and O–H groups in total. The fourth-order valence-corrected chi connectivity index (χ4v) is 2.02. The molecule has 0 spiro atoms. The van der Waals surface area contributed by atoms with E-state index >= 15 is 0 Å². The van der Waals surface area contributed by atoms with Gasteiger partial charge in [0.1, 0.15) is 5.82 Å². The van der Waals surface area contributed by atoms with E-state index in [0.29, 0.717) is 16.3 Å². The van der Waals surface area contributed by atoms with Crippen molar-refractivity contribution >= 4 is 40.7 Å². The molecule has 1 rings (SSSR count). The molecule has 1 aromatic carbocycles. The van der Waals surface area contributed by atoms with Crippen molar-refractivity contribution in [2.75, 3.05) is 12.0 Å². The van der Waals surface area contributed by atoms with Crippen LogP contribution in [-0.4, -0.2) is 6.26 Å². The molecular formula is C8H8Cl2FNS. The fourth-order valence-electron chi connectivity index (χ4n) is 0.944. The first-order valence-corrected chi connectivity index (χ1v) is 5.63. The SMILES string of the molecule is CSCc1c(N)c(Cl)cc(Cl)c1F. The summed E-state index contributed by atoms with van der Waals surface area (Å²) in [5, 5.41) is 0.318. The van der Waals surface area contributed by atoms with Gasteiger partial charge in [0.25, 0.3) is 0 Å². The van der Waals surface area contributed by atoms with Crippen molar-refractivity contribution in [3.05, 3.63) is 27.5 Å². The molecule has 1 nitrogen and oxygen atoms in total. The van der Waals surface area contributed by atoms with Gasteiger partial charge in [-0.05, 0) is 12.3 Å². The van der Waals surface area contributed by atoms with Gasteiger partial charge in [-0.1, -0.05) is 23.2 Å². The maximum atomic E-state index is 13.3. The third-order valence-corrected chi connectivity index (χ3v) is 2.76. The first-order chi connectivity index (χ1) is 6.07. The van der Waals surface area contributed by atoms with Gasteiger partial charge in [-0.25, -0.2) is 4.39 Å². The Balaban J connectivity index is 3.28. The van der Waals surface area contributed by atoms with Gasteiger partial charge in [-0.3, -0.25) is 0 Å². The Hall–Kier alpha value is -0.120. The molecule has 0 bridgehead atoms. The minimum absolute atomic E-state index is 0.0169. The van der Waals surface area contributed by atoms with E-state index in [2.05, 4.69) is 0 Å². The number of anilines is 1. The van der Waals surface area contributed by atoms with Crippen LogP contribution in [-0.2, 0) is 5.75 Å². The summed E-state index contributed by atoms with van der Waals surface area (Å²) in [6, 6.07) is 1.32. The second-order valence-electron chi connectivity index (χ2n) is 2.48. The zero-order valence-electron chi connectivity index (χ0n) is 6.90. The van der Waals surface area contributed by atoms with Crippen LogP contribution in [0.25, 0.3) is 0 Å². The predicted molar refractivity (Wildman–Crippen MR) is 58.1 cm³/mol. The minimum Gasteiger partial charge on any atom is -0.397 e. The molecule has 0 heterocycles. The van der Waals surface area contributed by atoms with Crippen LogP contribution in [0.2, 0.25) is 10.0 Å². The molecule has 0 fully saturated rings. The van der Waals surface area contributed by atoms with Crippen molar-refractivity contribution in [3.8, 4) is 0 Å². The van der Waals surface area contributed by atoms with Crippen LogP contribution < -0.4 is 5.73 Å². The van der Waals surface area contributed by atoms with Gasteiger partial charge in [0.15, 0.2) is 0 Å². The number of halogens is 3. The van der Waals surface area contributed by atoms with Gasteiger partial charge in [0.2, 0.25) is 0 Å². The fraction of sp³-hybridized carbons (Fsp3) is 0.250. The summed E-state index contributed by atoms with van der Waals surface area (Å²) in [6.07, 6.45) is 1.85. The molecule has 0 saturated heterocycles. The van der Waals surface area contributed by atoms with Crippen LogP contribution in [0.4, 0.5) is 10.1 Å². The monoisotopic (exact) mass is 239 g/mol. The standard InChI is InChI=1S/C8H8Cl2FNS/c1-13-3-4-7(11)5(9)2-6(10)8(4)12/h2H,3,12H2,1H3. The van der Waals surface area contributed by atoms with E-state index in [0.717, 1.165) is 0 Å². The summed E-state index contributed by atoms with van der Waals surface area (Å²) >= 11 is 12.8. The first-order valence-electron chi connectivity index (χ1n) is 3.48. The lowest BCUT2D eigenvalue weighted by Gasteiger charge is -2.08. The molecule has 0 amide bonds. The lowest BCUT2D eigenvalue weighted by Crippen LogP contribution is -1.98. The van der Waals surface area contributed by atoms with Crippen LogP contribution in [0.1, 0.15) is 5.56 Å². The molecule has 1 aromatic rings. The van der Waals surface area contributed by atoms with Crippen molar-refractivity contribution in [1.82, 2.24) is 0 Å². The third kappa shape index (κ3) is 2.22. The molecular weight excluding hydrogens is 232 g/mol. The largest absolute Gasteiger partial charge is 0.397 e. The Morgan fingerprint density at radius 3 is 2.62 bits per heavy atom. The van der Waals surface area contributed by atoms with Gasteiger partial charge in [0, 0.05) is 11.3 Å². The molecule has 0 aliphatic rings. The molecule has 5 heteroatoms. The number of rotatable bonds is 2. The topological polar surface area (TPSA) is 26.0 Å². The molecule has 0 unspecified atom stereocenters. The maximum absolute atomic E-state index is 13.3. The number of hydrogen-bond donors (Lipinski definition) is 1. The van der Waals surface area contributed by atoms with Crippen molar-refractivity contribution in [1.29, 1.82) is 0 Å². The number of hydrogen-bond acceptors (Lipinski definition) is 2. The molecule has 0 atom stereocenters. The highest BCUT2D eigenvalue weighted by molar-refractivity contribution is 7.97. The van der Waals surface area contributed by atoms with Crippen LogP contribution in [0, 0.1) is 5.82 Å². The van der Waals surface area contributed by atoms with Gasteiger partial charge < -0.3 is 5.73 Å². The Kier molecular flexibility index (Phi) is 3.71. The Morgan fingerprint density at radius 1 is 1.46 bits per heavy atom. The van der Waals surface area contributed by atoms with Crippen molar-refractivity contribution < 1.29 is 4.39 Å². The van der Waals surface area contributed by atoms with Crippen molar-refractivity contribution in [3.63, 3.8) is 0 Å². The number of benzene rings is 1. The number of thioether (sulfide) groups is 1. The van der Waals surface area contributed by atoms with Crippen molar-refractivity contribution in [2.45, 2.75) is 5.75 Å². The van der Waals surface area contributed by atoms with Gasteiger partial charge in [0.05, 0.1) is 15.7 Å². The minimum atomic E-state index is -0.474. The zero-order valence-corrected chi connectivity index (χ0v) is 9.23. The average Bonchev–Trinajstić information content (AvgIpc) is 2.09. The van der Waals surface area contributed by atoms with E-state index in [-0.39, 0.29) is 10.7 Å². The van der Waals surface area contributed by atoms with Crippen LogP contribution in [0.15, 0.2) is 6.07 Å². The van der Waals surface area contributed by atoms with E-state index in [9.17, 15) is 4.39 Å². The number of nitrogen functional groups attached to an aromatic ring is 1. The van der Waals surface area contributed by atoms with E-state index in [4.69, 9.17) is 28.9 Å². The lowest BCUT2D eigenvalue weighted by atomic mass is 10.2. The van der Waals surface area contributed by atoms with E-state index in [1.165, 1.54) is 17.8 Å². The second-order valence-corrected chi connectivity index (χ2v) is 4.16. The maximum Gasteiger partial charge on any atom is 0.147 e. The van der Waals surface area contributed by atoms with Crippen LogP contribution in [0.5, 0.6) is 0 Å². The first kappa shape index (κ1) is 11.0. The second kappa shape index (κ2) is 4.40. The highest BCUT2D eigenvalue weighted by Crippen LogP contribution is 2.32. The van der Waals surface area contributed by atoms with E-state index in [1.807, 2.05) is 6.26 Å². The predicted octanol–water partition coefficient (Wildman–Crippen LogP) is 3.58. The summed E-state index contributed by atoms with van der Waals surface area (Å²) in [5.41, 5.74) is 6.25. The average molecular weight is 240 g/mol. The quantitative estimate of drug-likeness (QED) is 0.631. The molecule has 0 aromatic heterocycles. The van der Waals surface area contributed by atoms with Gasteiger partial charge in [-0.15, -0.1) is 0 Å². The summed E-state index contributed by atoms with van der Waals surface area (Å²) in [5.74, 6) is -0.00397. The summed E-state index contributed by atoms with van der Waals surface area (Å²) < 4.78 is 13.3. The molecule has 0 aliphatic heterocycles. The lowest BCUT2D eigenvalue weighted by molar-refractivity contribution is 0.619. The normalized spacial score (nSPS) is 10.5. The zero-order chi connectivity index (χ0) is 10.0. The van der Waals surface area contributed by atoms with Crippen LogP contribution >= 0.6 is 35.0 Å². The Labute approximate surface area is 90.4 Å². The van der Waals surface area contributed by atoms with Crippen molar-refractivity contribution in [2.24, 2.45) is 0 Å².